The molecule has 1 aromatic heterocycles. The van der Waals surface area contributed by atoms with Crippen molar-refractivity contribution in [3.8, 4) is 11.3 Å². The average molecular weight is 385 g/mol. The van der Waals surface area contributed by atoms with Crippen molar-refractivity contribution in [2.45, 2.75) is 6.18 Å². The molecule has 3 nitrogen and oxygen atoms in total. The van der Waals surface area contributed by atoms with E-state index in [1.165, 1.54) is 12.1 Å². The zero-order valence-electron chi connectivity index (χ0n) is 11.3. The molecule has 0 aliphatic carbocycles. The number of nitrogens with zero attached hydrogens (tertiary/aromatic N) is 1. The van der Waals surface area contributed by atoms with Crippen LogP contribution in [0.15, 0.2) is 24.3 Å². The molecule has 1 heterocycles. The molecule has 0 unspecified atom stereocenters. The Kier molecular flexibility index (Phi) is 5.08. The maximum absolute atomic E-state index is 12.9. The molecule has 0 aliphatic rings. The van der Waals surface area contributed by atoms with Gasteiger partial charge in [0.15, 0.2) is 0 Å². The lowest BCUT2D eigenvalue weighted by Gasteiger charge is -2.13. The highest BCUT2D eigenvalue weighted by Gasteiger charge is 2.34. The lowest BCUT2D eigenvalue weighted by atomic mass is 10.0. The van der Waals surface area contributed by atoms with Crippen LogP contribution in [0.3, 0.4) is 0 Å². The van der Waals surface area contributed by atoms with Crippen molar-refractivity contribution in [2.75, 3.05) is 7.11 Å². The highest BCUT2D eigenvalue weighted by atomic mass is 35.5. The number of methoxy groups -OCH3 is 1. The van der Waals surface area contributed by atoms with Crippen LogP contribution >= 0.6 is 34.8 Å². The van der Waals surface area contributed by atoms with E-state index in [0.717, 1.165) is 13.2 Å². The van der Waals surface area contributed by atoms with Gasteiger partial charge in [-0.3, -0.25) is 0 Å². The number of aromatic nitrogens is 1. The number of halogens is 6. The van der Waals surface area contributed by atoms with Crippen molar-refractivity contribution in [3.63, 3.8) is 0 Å². The maximum Gasteiger partial charge on any atom is 0.433 e. The number of pyridine rings is 1. The fourth-order valence-electron chi connectivity index (χ4n) is 1.80. The third-order valence-corrected chi connectivity index (χ3v) is 3.89. The molecule has 9 heteroatoms. The second-order valence-electron chi connectivity index (χ2n) is 4.33. The standard InChI is InChI=1S/C14H7Cl3F3NO2/c1-23-13(22)6-2-3-11(14(18,19)20)21-12(6)7-4-9(16)10(17)5-8(7)15/h2-5H,1H3. The van der Waals surface area contributed by atoms with Gasteiger partial charge in [-0.15, -0.1) is 0 Å². The van der Waals surface area contributed by atoms with Crippen LogP contribution in [0, 0.1) is 0 Å². The van der Waals surface area contributed by atoms with E-state index >= 15 is 0 Å². The predicted octanol–water partition coefficient (Wildman–Crippen LogP) is 5.51. The van der Waals surface area contributed by atoms with Gasteiger partial charge in [-0.1, -0.05) is 34.8 Å². The predicted molar refractivity (Wildman–Crippen MR) is 81.0 cm³/mol. The molecule has 0 fully saturated rings. The fourth-order valence-corrected chi connectivity index (χ4v) is 2.44. The SMILES string of the molecule is COC(=O)c1ccc(C(F)(F)F)nc1-c1cc(Cl)c(Cl)cc1Cl. The minimum atomic E-state index is -4.69. The number of esters is 1. The van der Waals surface area contributed by atoms with Crippen LogP contribution in [0.25, 0.3) is 11.3 Å². The van der Waals surface area contributed by atoms with Crippen molar-refractivity contribution in [3.05, 3.63) is 50.6 Å². The van der Waals surface area contributed by atoms with Crippen LogP contribution < -0.4 is 0 Å². The molecular formula is C14H7Cl3F3NO2. The van der Waals surface area contributed by atoms with Crippen LogP contribution in [0.1, 0.15) is 16.1 Å². The van der Waals surface area contributed by atoms with Crippen LogP contribution in [-0.4, -0.2) is 18.1 Å². The molecule has 1 aromatic carbocycles. The quantitative estimate of drug-likeness (QED) is 0.506. The minimum absolute atomic E-state index is 0.00335. The maximum atomic E-state index is 12.9. The molecule has 0 radical (unpaired) electrons. The molecule has 0 saturated heterocycles. The summed E-state index contributed by atoms with van der Waals surface area (Å²) >= 11 is 17.7. The Hall–Kier alpha value is -1.50. The molecule has 0 amide bonds. The van der Waals surface area contributed by atoms with E-state index in [9.17, 15) is 18.0 Å². The number of hydrogen-bond donors (Lipinski definition) is 0. The van der Waals surface area contributed by atoms with Gasteiger partial charge in [0.1, 0.15) is 5.69 Å². The van der Waals surface area contributed by atoms with E-state index in [0.29, 0.717) is 6.07 Å². The number of benzene rings is 1. The third-order valence-electron chi connectivity index (χ3n) is 2.86. The summed E-state index contributed by atoms with van der Waals surface area (Å²) in [6.45, 7) is 0. The Labute approximate surface area is 143 Å². The lowest BCUT2D eigenvalue weighted by molar-refractivity contribution is -0.141. The minimum Gasteiger partial charge on any atom is -0.465 e. The van der Waals surface area contributed by atoms with E-state index in [4.69, 9.17) is 34.8 Å². The first-order chi connectivity index (χ1) is 10.6. The zero-order valence-corrected chi connectivity index (χ0v) is 13.6. The summed E-state index contributed by atoms with van der Waals surface area (Å²) in [4.78, 5) is 15.3. The monoisotopic (exact) mass is 383 g/mol. The number of carbonyl (C=O) groups excluding carboxylic acids is 1. The summed E-state index contributed by atoms with van der Waals surface area (Å²) in [5.41, 5.74) is -1.62. The van der Waals surface area contributed by atoms with Gasteiger partial charge in [0.05, 0.1) is 33.4 Å². The topological polar surface area (TPSA) is 39.2 Å². The average Bonchev–Trinajstić information content (AvgIpc) is 2.48. The number of alkyl halides is 3. The molecule has 122 valence electrons. The normalized spacial score (nSPS) is 11.4. The van der Waals surface area contributed by atoms with Gasteiger partial charge in [-0.25, -0.2) is 9.78 Å². The molecule has 2 rings (SSSR count). The van der Waals surface area contributed by atoms with Crippen LogP contribution in [-0.2, 0) is 10.9 Å². The van der Waals surface area contributed by atoms with E-state index in [2.05, 4.69) is 9.72 Å². The van der Waals surface area contributed by atoms with Crippen molar-refractivity contribution < 1.29 is 22.7 Å². The largest absolute Gasteiger partial charge is 0.465 e. The van der Waals surface area contributed by atoms with Crippen molar-refractivity contribution in [1.29, 1.82) is 0 Å². The fraction of sp³-hybridized carbons (Fsp3) is 0.143. The molecule has 0 bridgehead atoms. The Bertz CT molecular complexity index is 779. The zero-order chi connectivity index (χ0) is 17.4. The molecule has 0 spiro atoms. The first-order valence-corrected chi connectivity index (χ1v) is 7.10. The van der Waals surface area contributed by atoms with Crippen LogP contribution in [0.5, 0.6) is 0 Å². The number of ether oxygens (including phenoxy) is 1. The highest BCUT2D eigenvalue weighted by molar-refractivity contribution is 6.44. The number of rotatable bonds is 2. The van der Waals surface area contributed by atoms with Gasteiger partial charge < -0.3 is 4.74 Å². The van der Waals surface area contributed by atoms with Gasteiger partial charge in [-0.05, 0) is 24.3 Å². The van der Waals surface area contributed by atoms with Gasteiger partial charge in [-0.2, -0.15) is 13.2 Å². The van der Waals surface area contributed by atoms with Crippen molar-refractivity contribution in [1.82, 2.24) is 4.98 Å². The molecular weight excluding hydrogens is 378 g/mol. The first-order valence-electron chi connectivity index (χ1n) is 5.96. The second-order valence-corrected chi connectivity index (χ2v) is 5.55. The van der Waals surface area contributed by atoms with E-state index in [-0.39, 0.29) is 31.9 Å². The van der Waals surface area contributed by atoms with Crippen molar-refractivity contribution >= 4 is 40.8 Å². The molecule has 2 aromatic rings. The Balaban J connectivity index is 2.77. The van der Waals surface area contributed by atoms with Gasteiger partial charge >= 0.3 is 12.1 Å². The summed E-state index contributed by atoms with van der Waals surface area (Å²) in [6.07, 6.45) is -4.69. The summed E-state index contributed by atoms with van der Waals surface area (Å²) in [6, 6.07) is 4.14. The Morgan fingerprint density at radius 3 is 2.26 bits per heavy atom. The Morgan fingerprint density at radius 1 is 1.09 bits per heavy atom. The third kappa shape index (κ3) is 3.71. The van der Waals surface area contributed by atoms with Crippen molar-refractivity contribution in [2.24, 2.45) is 0 Å². The van der Waals surface area contributed by atoms with Gasteiger partial charge in [0, 0.05) is 5.56 Å². The van der Waals surface area contributed by atoms with Gasteiger partial charge in [0.25, 0.3) is 0 Å². The molecule has 23 heavy (non-hydrogen) atoms. The first kappa shape index (κ1) is 17.8. The summed E-state index contributed by atoms with van der Waals surface area (Å²) in [7, 11) is 1.10. The molecule has 0 aliphatic heterocycles. The highest BCUT2D eigenvalue weighted by Crippen LogP contribution is 2.37. The summed E-state index contributed by atoms with van der Waals surface area (Å²) < 4.78 is 43.2. The molecule has 0 atom stereocenters. The Morgan fingerprint density at radius 2 is 1.70 bits per heavy atom. The summed E-state index contributed by atoms with van der Waals surface area (Å²) in [5, 5.41) is 0.171. The van der Waals surface area contributed by atoms with E-state index in [1.54, 1.807) is 0 Å². The molecule has 0 N–H and O–H groups in total. The lowest BCUT2D eigenvalue weighted by Crippen LogP contribution is -2.12. The van der Waals surface area contributed by atoms with Crippen LogP contribution in [0.2, 0.25) is 15.1 Å². The molecule has 0 saturated carbocycles. The van der Waals surface area contributed by atoms with E-state index in [1.807, 2.05) is 0 Å². The number of hydrogen-bond acceptors (Lipinski definition) is 3. The van der Waals surface area contributed by atoms with Crippen LogP contribution in [0.4, 0.5) is 13.2 Å². The van der Waals surface area contributed by atoms with Gasteiger partial charge in [0.2, 0.25) is 0 Å². The smallest absolute Gasteiger partial charge is 0.433 e. The second kappa shape index (κ2) is 6.55. The van der Waals surface area contributed by atoms with E-state index < -0.39 is 17.8 Å². The summed E-state index contributed by atoms with van der Waals surface area (Å²) in [5.74, 6) is -0.858. The number of carbonyl (C=O) groups is 1.